The molecule has 108 valence electrons. The number of H-pyrrole nitrogens is 2. The van der Waals surface area contributed by atoms with Gasteiger partial charge in [0.25, 0.3) is 0 Å². The number of anilines is 1. The molecule has 3 aromatic rings. The van der Waals surface area contributed by atoms with Crippen molar-refractivity contribution in [2.24, 2.45) is 0 Å². The van der Waals surface area contributed by atoms with Crippen LogP contribution in [0.1, 0.15) is 29.7 Å². The summed E-state index contributed by atoms with van der Waals surface area (Å²) in [7, 11) is 0. The van der Waals surface area contributed by atoms with E-state index in [1.54, 1.807) is 0 Å². The van der Waals surface area contributed by atoms with Crippen molar-refractivity contribution in [2.75, 3.05) is 5.32 Å². The number of nitrogens with one attached hydrogen (secondary N) is 3. The molecule has 1 heterocycles. The van der Waals surface area contributed by atoms with Crippen LogP contribution >= 0.6 is 0 Å². The Bertz CT molecular complexity index is 845. The SMILES string of the molecule is Cc1ccc(C(C)Nc2ccc3[nH]c(=O)[nH]c3c2)c(C)c1. The zero-order valence-corrected chi connectivity index (χ0v) is 12.4. The molecule has 0 saturated carbocycles. The monoisotopic (exact) mass is 281 g/mol. The number of hydrogen-bond acceptors (Lipinski definition) is 2. The molecule has 0 aliphatic carbocycles. The largest absolute Gasteiger partial charge is 0.378 e. The van der Waals surface area contributed by atoms with Crippen molar-refractivity contribution in [3.8, 4) is 0 Å². The molecule has 0 radical (unpaired) electrons. The second-order valence-corrected chi connectivity index (χ2v) is 5.57. The van der Waals surface area contributed by atoms with E-state index in [0.29, 0.717) is 0 Å². The minimum Gasteiger partial charge on any atom is -0.378 e. The highest BCUT2D eigenvalue weighted by molar-refractivity contribution is 5.78. The van der Waals surface area contributed by atoms with Gasteiger partial charge in [-0.3, -0.25) is 0 Å². The number of hydrogen-bond donors (Lipinski definition) is 3. The quantitative estimate of drug-likeness (QED) is 0.686. The summed E-state index contributed by atoms with van der Waals surface area (Å²) < 4.78 is 0. The molecule has 1 unspecified atom stereocenters. The maximum atomic E-state index is 11.3. The van der Waals surface area contributed by atoms with Gasteiger partial charge in [-0.05, 0) is 50.1 Å². The van der Waals surface area contributed by atoms with Crippen molar-refractivity contribution in [1.82, 2.24) is 9.97 Å². The molecule has 0 bridgehead atoms. The highest BCUT2D eigenvalue weighted by atomic mass is 16.1. The summed E-state index contributed by atoms with van der Waals surface area (Å²) in [6, 6.07) is 12.5. The van der Waals surface area contributed by atoms with Crippen molar-refractivity contribution < 1.29 is 0 Å². The van der Waals surface area contributed by atoms with Gasteiger partial charge < -0.3 is 15.3 Å². The van der Waals surface area contributed by atoms with E-state index < -0.39 is 0 Å². The topological polar surface area (TPSA) is 60.7 Å². The highest BCUT2D eigenvalue weighted by Gasteiger charge is 2.09. The first-order chi connectivity index (χ1) is 10.0. The van der Waals surface area contributed by atoms with Crippen LogP contribution in [0, 0.1) is 13.8 Å². The maximum absolute atomic E-state index is 11.3. The van der Waals surface area contributed by atoms with Gasteiger partial charge in [0.05, 0.1) is 11.0 Å². The molecule has 0 fully saturated rings. The first-order valence-electron chi connectivity index (χ1n) is 7.08. The summed E-state index contributed by atoms with van der Waals surface area (Å²) in [5.74, 6) is 0. The minimum atomic E-state index is -0.176. The third kappa shape index (κ3) is 2.70. The fraction of sp³-hybridized carbons (Fsp3) is 0.235. The average molecular weight is 281 g/mol. The Labute approximate surface area is 123 Å². The van der Waals surface area contributed by atoms with E-state index in [4.69, 9.17) is 0 Å². The minimum absolute atomic E-state index is 0.176. The molecule has 0 spiro atoms. The summed E-state index contributed by atoms with van der Waals surface area (Å²) in [5.41, 5.74) is 6.29. The summed E-state index contributed by atoms with van der Waals surface area (Å²) >= 11 is 0. The molecule has 4 nitrogen and oxygen atoms in total. The third-order valence-corrected chi connectivity index (χ3v) is 3.79. The average Bonchev–Trinajstić information content (AvgIpc) is 2.77. The number of aromatic amines is 2. The van der Waals surface area contributed by atoms with Crippen LogP contribution in [0.15, 0.2) is 41.2 Å². The number of aryl methyl sites for hydroxylation is 2. The third-order valence-electron chi connectivity index (χ3n) is 3.79. The molecule has 3 N–H and O–H groups in total. The summed E-state index contributed by atoms with van der Waals surface area (Å²) in [5, 5.41) is 3.48. The first-order valence-corrected chi connectivity index (χ1v) is 7.08. The number of rotatable bonds is 3. The van der Waals surface area contributed by atoms with Crippen LogP contribution < -0.4 is 11.0 Å². The van der Waals surface area contributed by atoms with Gasteiger partial charge in [-0.1, -0.05) is 23.8 Å². The zero-order chi connectivity index (χ0) is 15.0. The number of fused-ring (bicyclic) bond motifs is 1. The van der Waals surface area contributed by atoms with E-state index in [1.807, 2.05) is 18.2 Å². The van der Waals surface area contributed by atoms with E-state index in [9.17, 15) is 4.79 Å². The molecule has 3 rings (SSSR count). The van der Waals surface area contributed by atoms with Gasteiger partial charge in [-0.15, -0.1) is 0 Å². The van der Waals surface area contributed by atoms with Crippen LogP contribution in [0.5, 0.6) is 0 Å². The van der Waals surface area contributed by atoms with E-state index in [1.165, 1.54) is 16.7 Å². The molecule has 0 aliphatic heterocycles. The number of aromatic nitrogens is 2. The Morgan fingerprint density at radius 3 is 2.52 bits per heavy atom. The van der Waals surface area contributed by atoms with Gasteiger partial charge in [-0.2, -0.15) is 0 Å². The molecule has 1 atom stereocenters. The molecular formula is C17H19N3O. The zero-order valence-electron chi connectivity index (χ0n) is 12.4. The molecular weight excluding hydrogens is 262 g/mol. The van der Waals surface area contributed by atoms with Gasteiger partial charge in [0, 0.05) is 11.7 Å². The molecule has 0 amide bonds. The van der Waals surface area contributed by atoms with Crippen LogP contribution in [0.2, 0.25) is 0 Å². The molecule has 1 aromatic heterocycles. The molecule has 0 saturated heterocycles. The summed E-state index contributed by atoms with van der Waals surface area (Å²) in [4.78, 5) is 16.8. The molecule has 0 aliphatic rings. The van der Waals surface area contributed by atoms with Gasteiger partial charge in [0.1, 0.15) is 0 Å². The predicted octanol–water partition coefficient (Wildman–Crippen LogP) is 3.65. The van der Waals surface area contributed by atoms with E-state index in [0.717, 1.165) is 16.7 Å². The van der Waals surface area contributed by atoms with Gasteiger partial charge in [0.15, 0.2) is 0 Å². The van der Waals surface area contributed by atoms with Crippen LogP contribution in [0.25, 0.3) is 11.0 Å². The predicted molar refractivity (Wildman–Crippen MR) is 86.9 cm³/mol. The number of imidazole rings is 1. The van der Waals surface area contributed by atoms with Crippen molar-refractivity contribution >= 4 is 16.7 Å². The van der Waals surface area contributed by atoms with Crippen molar-refractivity contribution in [3.05, 3.63) is 63.6 Å². The lowest BCUT2D eigenvalue weighted by Crippen LogP contribution is -2.08. The van der Waals surface area contributed by atoms with E-state index >= 15 is 0 Å². The summed E-state index contributed by atoms with van der Waals surface area (Å²) in [6.07, 6.45) is 0. The van der Waals surface area contributed by atoms with Crippen molar-refractivity contribution in [2.45, 2.75) is 26.8 Å². The van der Waals surface area contributed by atoms with Gasteiger partial charge in [0.2, 0.25) is 0 Å². The van der Waals surface area contributed by atoms with Crippen LogP contribution in [0.4, 0.5) is 5.69 Å². The lowest BCUT2D eigenvalue weighted by atomic mass is 10.00. The lowest BCUT2D eigenvalue weighted by molar-refractivity contribution is 0.873. The Morgan fingerprint density at radius 1 is 1.00 bits per heavy atom. The Hall–Kier alpha value is -2.49. The normalized spacial score (nSPS) is 12.5. The molecule has 2 aromatic carbocycles. The number of benzene rings is 2. The van der Waals surface area contributed by atoms with Crippen LogP contribution in [-0.2, 0) is 0 Å². The smallest absolute Gasteiger partial charge is 0.323 e. The maximum Gasteiger partial charge on any atom is 0.323 e. The Kier molecular flexibility index (Phi) is 3.29. The Balaban J connectivity index is 1.88. The second kappa shape index (κ2) is 5.13. The van der Waals surface area contributed by atoms with Gasteiger partial charge in [-0.25, -0.2) is 4.79 Å². The van der Waals surface area contributed by atoms with E-state index in [-0.39, 0.29) is 11.7 Å². The second-order valence-electron chi connectivity index (χ2n) is 5.57. The Morgan fingerprint density at radius 2 is 1.76 bits per heavy atom. The van der Waals surface area contributed by atoms with Crippen molar-refractivity contribution in [3.63, 3.8) is 0 Å². The first kappa shape index (κ1) is 13.5. The fourth-order valence-corrected chi connectivity index (χ4v) is 2.76. The van der Waals surface area contributed by atoms with Gasteiger partial charge >= 0.3 is 5.69 Å². The van der Waals surface area contributed by atoms with Crippen molar-refractivity contribution in [1.29, 1.82) is 0 Å². The fourth-order valence-electron chi connectivity index (χ4n) is 2.76. The lowest BCUT2D eigenvalue weighted by Gasteiger charge is -2.18. The highest BCUT2D eigenvalue weighted by Crippen LogP contribution is 2.24. The summed E-state index contributed by atoms with van der Waals surface area (Å²) in [6.45, 7) is 6.38. The van der Waals surface area contributed by atoms with Crippen LogP contribution in [0.3, 0.4) is 0 Å². The molecule has 21 heavy (non-hydrogen) atoms. The molecule has 4 heteroatoms. The van der Waals surface area contributed by atoms with E-state index in [2.05, 4.69) is 54.3 Å². The van der Waals surface area contributed by atoms with Crippen LogP contribution in [-0.4, -0.2) is 9.97 Å². The standard InChI is InChI=1S/C17H19N3O/c1-10-4-6-14(11(2)8-10)12(3)18-13-5-7-15-16(9-13)20-17(21)19-15/h4-9,12,18H,1-3H3,(H2,19,20,21).